The summed E-state index contributed by atoms with van der Waals surface area (Å²) in [6, 6.07) is 9.85. The number of piperidine rings is 1. The fraction of sp³-hybridized carbons (Fsp3) is 0.600. The summed E-state index contributed by atoms with van der Waals surface area (Å²) in [5.41, 5.74) is 0.850. The molecular weight excluding hydrogens is 316 g/mol. The van der Waals surface area contributed by atoms with Crippen LogP contribution in [0, 0.1) is 17.3 Å². The van der Waals surface area contributed by atoms with Gasteiger partial charge in [-0.15, -0.1) is 0 Å². The van der Waals surface area contributed by atoms with Gasteiger partial charge in [-0.25, -0.2) is 0 Å². The highest BCUT2D eigenvalue weighted by molar-refractivity contribution is 5.98. The lowest BCUT2D eigenvalue weighted by molar-refractivity contribution is -0.137. The van der Waals surface area contributed by atoms with E-state index in [0.717, 1.165) is 31.6 Å². The molecular formula is C20H28N2O3. The number of benzene rings is 1. The molecule has 136 valence electrons. The maximum atomic E-state index is 13.1. The van der Waals surface area contributed by atoms with Crippen molar-refractivity contribution in [3.63, 3.8) is 0 Å². The van der Waals surface area contributed by atoms with Crippen LogP contribution in [0.4, 0.5) is 5.69 Å². The van der Waals surface area contributed by atoms with Crippen LogP contribution in [0.5, 0.6) is 0 Å². The molecule has 0 aliphatic carbocycles. The monoisotopic (exact) mass is 344 g/mol. The maximum absolute atomic E-state index is 13.1. The van der Waals surface area contributed by atoms with E-state index < -0.39 is 0 Å². The Morgan fingerprint density at radius 3 is 2.44 bits per heavy atom. The van der Waals surface area contributed by atoms with Gasteiger partial charge >= 0.3 is 0 Å². The average molecular weight is 344 g/mol. The number of hydrogen-bond donors (Lipinski definition) is 0. The molecule has 2 saturated heterocycles. The first-order valence-corrected chi connectivity index (χ1v) is 9.12. The Balaban J connectivity index is 1.80. The first kappa shape index (κ1) is 17.9. The minimum atomic E-state index is -0.131. The molecule has 25 heavy (non-hydrogen) atoms. The molecule has 1 aromatic rings. The predicted molar refractivity (Wildman–Crippen MR) is 97.2 cm³/mol. The predicted octanol–water partition coefficient (Wildman–Crippen LogP) is 2.56. The van der Waals surface area contributed by atoms with E-state index in [-0.39, 0.29) is 29.1 Å². The van der Waals surface area contributed by atoms with Gasteiger partial charge in [0.25, 0.3) is 0 Å². The second kappa shape index (κ2) is 7.16. The van der Waals surface area contributed by atoms with Gasteiger partial charge in [0, 0.05) is 43.8 Å². The summed E-state index contributed by atoms with van der Waals surface area (Å²) in [6.07, 6.45) is 1.71. The van der Waals surface area contributed by atoms with E-state index in [4.69, 9.17) is 4.74 Å². The van der Waals surface area contributed by atoms with E-state index in [0.29, 0.717) is 13.2 Å². The second-order valence-corrected chi connectivity index (χ2v) is 7.61. The largest absolute Gasteiger partial charge is 0.384 e. The lowest BCUT2D eigenvalue weighted by atomic mass is 9.71. The van der Waals surface area contributed by atoms with Crippen molar-refractivity contribution in [1.82, 2.24) is 4.90 Å². The summed E-state index contributed by atoms with van der Waals surface area (Å²) in [4.78, 5) is 29.2. The van der Waals surface area contributed by atoms with Crippen LogP contribution >= 0.6 is 0 Å². The Morgan fingerprint density at radius 1 is 1.24 bits per heavy atom. The molecule has 5 heteroatoms. The standard InChI is InChI=1S/C20H28N2O3/c1-15(2)18(23)21-11-9-20(10-12-21)14-22(16-7-5-4-6-8-16)19(24)17(20)13-25-3/h4-8,15,17H,9-14H2,1-3H3. The van der Waals surface area contributed by atoms with Gasteiger partial charge in [0.2, 0.25) is 11.8 Å². The van der Waals surface area contributed by atoms with Crippen molar-refractivity contribution in [2.45, 2.75) is 26.7 Å². The van der Waals surface area contributed by atoms with Crippen LogP contribution in [0.3, 0.4) is 0 Å². The van der Waals surface area contributed by atoms with Crippen LogP contribution in [0.15, 0.2) is 30.3 Å². The van der Waals surface area contributed by atoms with Gasteiger partial charge in [0.05, 0.1) is 12.5 Å². The highest BCUT2D eigenvalue weighted by Crippen LogP contribution is 2.46. The summed E-state index contributed by atoms with van der Waals surface area (Å²) < 4.78 is 5.39. The normalized spacial score (nSPS) is 22.9. The molecule has 0 N–H and O–H groups in total. The van der Waals surface area contributed by atoms with E-state index in [9.17, 15) is 9.59 Å². The van der Waals surface area contributed by atoms with Gasteiger partial charge in [-0.05, 0) is 25.0 Å². The molecule has 5 nitrogen and oxygen atoms in total. The molecule has 2 amide bonds. The zero-order valence-electron chi connectivity index (χ0n) is 15.4. The first-order chi connectivity index (χ1) is 12.0. The summed E-state index contributed by atoms with van der Waals surface area (Å²) in [5, 5.41) is 0. The SMILES string of the molecule is COCC1C(=O)N(c2ccccc2)CC12CCN(C(=O)C(C)C)CC2. The zero-order chi connectivity index (χ0) is 18.0. The lowest BCUT2D eigenvalue weighted by Crippen LogP contribution is -2.48. The van der Waals surface area contributed by atoms with Crippen molar-refractivity contribution in [2.75, 3.05) is 38.3 Å². The maximum Gasteiger partial charge on any atom is 0.233 e. The van der Waals surface area contributed by atoms with Crippen LogP contribution in [0.25, 0.3) is 0 Å². The number of likely N-dealkylation sites (tertiary alicyclic amines) is 1. The van der Waals surface area contributed by atoms with Gasteiger partial charge in [-0.1, -0.05) is 32.0 Å². The third-order valence-corrected chi connectivity index (χ3v) is 5.74. The second-order valence-electron chi connectivity index (χ2n) is 7.61. The van der Waals surface area contributed by atoms with Crippen molar-refractivity contribution in [3.05, 3.63) is 30.3 Å². The van der Waals surface area contributed by atoms with E-state index in [1.165, 1.54) is 0 Å². The number of nitrogens with zero attached hydrogens (tertiary/aromatic N) is 2. The number of hydrogen-bond acceptors (Lipinski definition) is 3. The van der Waals surface area contributed by atoms with Gasteiger partial charge in [0.15, 0.2) is 0 Å². The van der Waals surface area contributed by atoms with Crippen molar-refractivity contribution in [2.24, 2.45) is 17.3 Å². The molecule has 2 heterocycles. The van der Waals surface area contributed by atoms with Crippen LogP contribution in [0.2, 0.25) is 0 Å². The number of ether oxygens (including phenoxy) is 1. The Morgan fingerprint density at radius 2 is 1.88 bits per heavy atom. The Bertz CT molecular complexity index is 621. The minimum Gasteiger partial charge on any atom is -0.384 e. The molecule has 2 aliphatic heterocycles. The van der Waals surface area contributed by atoms with Crippen molar-refractivity contribution in [1.29, 1.82) is 0 Å². The Kier molecular flexibility index (Phi) is 5.13. The van der Waals surface area contributed by atoms with E-state index in [2.05, 4.69) is 0 Å². The van der Waals surface area contributed by atoms with Crippen molar-refractivity contribution in [3.8, 4) is 0 Å². The highest BCUT2D eigenvalue weighted by atomic mass is 16.5. The van der Waals surface area contributed by atoms with Crippen molar-refractivity contribution < 1.29 is 14.3 Å². The van der Waals surface area contributed by atoms with Gasteiger partial charge in [-0.2, -0.15) is 0 Å². The van der Waals surface area contributed by atoms with E-state index in [1.807, 2.05) is 54.0 Å². The van der Waals surface area contributed by atoms with Crippen LogP contribution < -0.4 is 4.90 Å². The van der Waals surface area contributed by atoms with Gasteiger partial charge < -0.3 is 14.5 Å². The van der Waals surface area contributed by atoms with Gasteiger partial charge in [0.1, 0.15) is 0 Å². The molecule has 3 rings (SSSR count). The number of carbonyl (C=O) groups excluding carboxylic acids is 2. The molecule has 2 fully saturated rings. The molecule has 1 spiro atoms. The molecule has 1 atom stereocenters. The number of para-hydroxylation sites is 1. The number of amides is 2. The average Bonchev–Trinajstić information content (AvgIpc) is 2.89. The quantitative estimate of drug-likeness (QED) is 0.843. The Labute approximate surface area is 149 Å². The number of anilines is 1. The number of rotatable bonds is 4. The fourth-order valence-corrected chi connectivity index (χ4v) is 4.24. The lowest BCUT2D eigenvalue weighted by Gasteiger charge is -2.42. The fourth-order valence-electron chi connectivity index (χ4n) is 4.24. The number of methoxy groups -OCH3 is 1. The number of carbonyl (C=O) groups is 2. The molecule has 0 bridgehead atoms. The zero-order valence-corrected chi connectivity index (χ0v) is 15.4. The van der Waals surface area contributed by atoms with Gasteiger partial charge in [-0.3, -0.25) is 9.59 Å². The third-order valence-electron chi connectivity index (χ3n) is 5.74. The smallest absolute Gasteiger partial charge is 0.233 e. The van der Waals surface area contributed by atoms with E-state index in [1.54, 1.807) is 7.11 Å². The molecule has 0 radical (unpaired) electrons. The van der Waals surface area contributed by atoms with E-state index >= 15 is 0 Å². The highest BCUT2D eigenvalue weighted by Gasteiger charge is 2.53. The minimum absolute atomic E-state index is 0.0230. The third kappa shape index (κ3) is 3.30. The summed E-state index contributed by atoms with van der Waals surface area (Å²) in [6.45, 7) is 6.50. The van der Waals surface area contributed by atoms with Crippen molar-refractivity contribution >= 4 is 17.5 Å². The van der Waals surface area contributed by atoms with Crippen LogP contribution in [-0.2, 0) is 14.3 Å². The molecule has 0 saturated carbocycles. The first-order valence-electron chi connectivity index (χ1n) is 9.12. The summed E-state index contributed by atoms with van der Waals surface area (Å²) >= 11 is 0. The molecule has 0 aromatic heterocycles. The molecule has 2 aliphatic rings. The Hall–Kier alpha value is -1.88. The molecule has 1 aromatic carbocycles. The summed E-state index contributed by atoms with van der Waals surface area (Å²) in [5.74, 6) is 0.253. The summed E-state index contributed by atoms with van der Waals surface area (Å²) in [7, 11) is 1.66. The van der Waals surface area contributed by atoms with Crippen LogP contribution in [-0.4, -0.2) is 50.1 Å². The molecule has 1 unspecified atom stereocenters. The topological polar surface area (TPSA) is 49.9 Å². The van der Waals surface area contributed by atoms with Crippen LogP contribution in [0.1, 0.15) is 26.7 Å².